The molecule has 1 spiro atoms. The van der Waals surface area contributed by atoms with E-state index in [1.807, 2.05) is 30.0 Å². The summed E-state index contributed by atoms with van der Waals surface area (Å²) in [6.07, 6.45) is 6.35. The third-order valence-corrected chi connectivity index (χ3v) is 6.81. The van der Waals surface area contributed by atoms with Gasteiger partial charge in [0.2, 0.25) is 5.91 Å². The fourth-order valence-corrected chi connectivity index (χ4v) is 5.13. The van der Waals surface area contributed by atoms with Crippen molar-refractivity contribution in [3.63, 3.8) is 0 Å². The van der Waals surface area contributed by atoms with Crippen LogP contribution in [0.25, 0.3) is 0 Å². The van der Waals surface area contributed by atoms with Crippen LogP contribution in [-0.4, -0.2) is 52.3 Å². The number of nitrogens with one attached hydrogen (secondary N) is 1. The van der Waals surface area contributed by atoms with Gasteiger partial charge >= 0.3 is 6.03 Å². The maximum atomic E-state index is 13.1. The highest BCUT2D eigenvalue weighted by molar-refractivity contribution is 6.09. The Hall–Kier alpha value is -2.37. The molecule has 2 aliphatic heterocycles. The van der Waals surface area contributed by atoms with Gasteiger partial charge < -0.3 is 10.2 Å². The van der Waals surface area contributed by atoms with Gasteiger partial charge in [-0.3, -0.25) is 14.5 Å². The number of carbonyl (C=O) groups excluding carboxylic acids is 3. The average Bonchev–Trinajstić information content (AvgIpc) is 3.24. The van der Waals surface area contributed by atoms with Crippen LogP contribution in [0, 0.1) is 5.92 Å². The van der Waals surface area contributed by atoms with E-state index in [1.165, 1.54) is 5.56 Å². The minimum absolute atomic E-state index is 0.107. The molecule has 1 aromatic carbocycles. The Bertz CT molecular complexity index is 766. The van der Waals surface area contributed by atoms with E-state index in [0.717, 1.165) is 43.4 Å². The first-order valence-corrected chi connectivity index (χ1v) is 10.5. The summed E-state index contributed by atoms with van der Waals surface area (Å²) in [5, 5.41) is 2.93. The Balaban J connectivity index is 1.44. The average molecular weight is 383 g/mol. The number of amides is 4. The van der Waals surface area contributed by atoms with Gasteiger partial charge in [-0.05, 0) is 43.6 Å². The summed E-state index contributed by atoms with van der Waals surface area (Å²) < 4.78 is 0. The first-order valence-electron chi connectivity index (χ1n) is 10.5. The number of carbonyl (C=O) groups is 3. The fraction of sp³-hybridized carbons (Fsp3) is 0.591. The quantitative estimate of drug-likeness (QED) is 0.813. The molecule has 1 saturated carbocycles. The molecule has 0 bridgehead atoms. The number of hydrogen-bond donors (Lipinski definition) is 1. The highest BCUT2D eigenvalue weighted by Crippen LogP contribution is 2.38. The van der Waals surface area contributed by atoms with E-state index in [0.29, 0.717) is 13.0 Å². The van der Waals surface area contributed by atoms with E-state index in [2.05, 4.69) is 17.4 Å². The van der Waals surface area contributed by atoms with Crippen molar-refractivity contribution < 1.29 is 14.4 Å². The minimum Gasteiger partial charge on any atom is -0.338 e. The maximum absolute atomic E-state index is 13.1. The van der Waals surface area contributed by atoms with Crippen LogP contribution in [0.1, 0.15) is 51.0 Å². The smallest absolute Gasteiger partial charge is 0.325 e. The second-order valence-electron chi connectivity index (χ2n) is 8.51. The van der Waals surface area contributed by atoms with Crippen LogP contribution < -0.4 is 5.32 Å². The molecule has 1 N–H and O–H groups in total. The van der Waals surface area contributed by atoms with Crippen molar-refractivity contribution in [1.29, 1.82) is 0 Å². The molecule has 4 amide bonds. The Kier molecular flexibility index (Phi) is 5.13. The summed E-state index contributed by atoms with van der Waals surface area (Å²) in [5.74, 6) is -0.227. The highest BCUT2D eigenvalue weighted by Gasteiger charge is 2.55. The van der Waals surface area contributed by atoms with E-state index in [9.17, 15) is 14.4 Å². The van der Waals surface area contributed by atoms with E-state index in [4.69, 9.17) is 0 Å². The summed E-state index contributed by atoms with van der Waals surface area (Å²) in [4.78, 5) is 41.7. The van der Waals surface area contributed by atoms with Crippen molar-refractivity contribution in [3.8, 4) is 0 Å². The molecular formula is C22H29N3O3. The van der Waals surface area contributed by atoms with Gasteiger partial charge in [0.05, 0.1) is 0 Å². The molecule has 0 aromatic heterocycles. The maximum Gasteiger partial charge on any atom is 0.325 e. The number of benzene rings is 1. The van der Waals surface area contributed by atoms with Crippen LogP contribution in [0.5, 0.6) is 0 Å². The van der Waals surface area contributed by atoms with Crippen molar-refractivity contribution in [2.24, 2.45) is 5.92 Å². The van der Waals surface area contributed by atoms with Crippen LogP contribution in [0.4, 0.5) is 4.79 Å². The fourth-order valence-electron chi connectivity index (χ4n) is 5.13. The molecular weight excluding hydrogens is 354 g/mol. The first-order chi connectivity index (χ1) is 13.5. The lowest BCUT2D eigenvalue weighted by atomic mass is 9.73. The Morgan fingerprint density at radius 3 is 2.68 bits per heavy atom. The molecule has 2 saturated heterocycles. The number of hydrogen-bond acceptors (Lipinski definition) is 3. The van der Waals surface area contributed by atoms with Gasteiger partial charge in [0.1, 0.15) is 12.1 Å². The Morgan fingerprint density at radius 2 is 1.93 bits per heavy atom. The van der Waals surface area contributed by atoms with E-state index >= 15 is 0 Å². The molecule has 6 nitrogen and oxygen atoms in total. The molecule has 150 valence electrons. The van der Waals surface area contributed by atoms with Crippen molar-refractivity contribution in [1.82, 2.24) is 15.1 Å². The molecule has 4 rings (SSSR count). The number of urea groups is 1. The molecule has 3 fully saturated rings. The summed E-state index contributed by atoms with van der Waals surface area (Å²) in [7, 11) is 0. The zero-order valence-electron chi connectivity index (χ0n) is 16.5. The van der Waals surface area contributed by atoms with Crippen LogP contribution in [-0.2, 0) is 16.0 Å². The minimum atomic E-state index is -0.802. The van der Waals surface area contributed by atoms with Gasteiger partial charge in [-0.15, -0.1) is 0 Å². The molecule has 0 radical (unpaired) electrons. The van der Waals surface area contributed by atoms with Gasteiger partial charge in [0.15, 0.2) is 0 Å². The molecule has 1 aliphatic carbocycles. The molecule has 28 heavy (non-hydrogen) atoms. The monoisotopic (exact) mass is 383 g/mol. The van der Waals surface area contributed by atoms with Crippen molar-refractivity contribution in [2.75, 3.05) is 13.1 Å². The van der Waals surface area contributed by atoms with Crippen LogP contribution in [0.3, 0.4) is 0 Å². The molecule has 3 unspecified atom stereocenters. The van der Waals surface area contributed by atoms with Crippen molar-refractivity contribution >= 4 is 17.8 Å². The van der Waals surface area contributed by atoms with Crippen LogP contribution >= 0.6 is 0 Å². The summed E-state index contributed by atoms with van der Waals surface area (Å²) in [6, 6.07) is 9.88. The van der Waals surface area contributed by atoms with Gasteiger partial charge in [-0.2, -0.15) is 0 Å². The Labute approximate surface area is 166 Å². The predicted octanol–water partition coefficient (Wildman–Crippen LogP) is 2.72. The normalized spacial score (nSPS) is 30.2. The molecule has 2 heterocycles. The van der Waals surface area contributed by atoms with E-state index < -0.39 is 11.6 Å². The zero-order chi connectivity index (χ0) is 19.7. The third kappa shape index (κ3) is 3.29. The zero-order valence-corrected chi connectivity index (χ0v) is 16.5. The van der Waals surface area contributed by atoms with Gasteiger partial charge in [0, 0.05) is 12.6 Å². The SMILES string of the molecule is CC1CCCCC12NC(=O)N(CC(=O)N1CCCC1Cc1ccccc1)C2=O. The lowest BCUT2D eigenvalue weighted by Gasteiger charge is -2.36. The Morgan fingerprint density at radius 1 is 1.14 bits per heavy atom. The largest absolute Gasteiger partial charge is 0.338 e. The number of imide groups is 1. The van der Waals surface area contributed by atoms with Crippen LogP contribution in [0.15, 0.2) is 30.3 Å². The molecule has 6 heteroatoms. The number of likely N-dealkylation sites (tertiary alicyclic amines) is 1. The van der Waals surface area contributed by atoms with Gasteiger partial charge in [-0.1, -0.05) is 50.1 Å². The van der Waals surface area contributed by atoms with Gasteiger partial charge in [0.25, 0.3) is 5.91 Å². The summed E-state index contributed by atoms with van der Waals surface area (Å²) >= 11 is 0. The first kappa shape index (κ1) is 19.0. The summed E-state index contributed by atoms with van der Waals surface area (Å²) in [6.45, 7) is 2.57. The predicted molar refractivity (Wildman–Crippen MR) is 105 cm³/mol. The third-order valence-electron chi connectivity index (χ3n) is 6.81. The standard InChI is InChI=1S/C22H29N3O3/c1-16-8-5-6-12-22(16)20(27)25(21(28)23-22)15-19(26)24-13-7-11-18(24)14-17-9-3-2-4-10-17/h2-4,9-10,16,18H,5-8,11-15H2,1H3,(H,23,28). The van der Waals surface area contributed by atoms with Gasteiger partial charge in [-0.25, -0.2) is 4.79 Å². The lowest BCUT2D eigenvalue weighted by Crippen LogP contribution is -2.54. The highest BCUT2D eigenvalue weighted by atomic mass is 16.2. The second-order valence-corrected chi connectivity index (χ2v) is 8.51. The molecule has 3 aliphatic rings. The number of nitrogens with zero attached hydrogens (tertiary/aromatic N) is 2. The van der Waals surface area contributed by atoms with E-state index in [-0.39, 0.29) is 30.3 Å². The molecule has 1 aromatic rings. The van der Waals surface area contributed by atoms with E-state index in [1.54, 1.807) is 0 Å². The summed E-state index contributed by atoms with van der Waals surface area (Å²) in [5.41, 5.74) is 0.404. The van der Waals surface area contributed by atoms with Crippen molar-refractivity contribution in [2.45, 2.75) is 63.5 Å². The second kappa shape index (κ2) is 7.57. The molecule has 3 atom stereocenters. The topological polar surface area (TPSA) is 69.7 Å². The number of rotatable bonds is 4. The van der Waals surface area contributed by atoms with Crippen molar-refractivity contribution in [3.05, 3.63) is 35.9 Å². The van der Waals surface area contributed by atoms with Crippen LogP contribution in [0.2, 0.25) is 0 Å². The lowest BCUT2D eigenvalue weighted by molar-refractivity contribution is -0.141.